The molecule has 0 aliphatic rings. The van der Waals surface area contributed by atoms with Crippen molar-refractivity contribution in [3.05, 3.63) is 29.8 Å². The standard InChI is InChI=1S/C12H13Br2F2NO2/c1-12(6-13,7-14)17-10(18)8-4-2-3-5-9(8)19-11(15)16/h2-5,11H,6-7H2,1H3,(H,17,18). The molecule has 7 heteroatoms. The van der Waals surface area contributed by atoms with Gasteiger partial charge in [0.25, 0.3) is 5.91 Å². The van der Waals surface area contributed by atoms with Crippen LogP contribution in [0.4, 0.5) is 8.78 Å². The maximum atomic E-state index is 12.3. The molecule has 0 bridgehead atoms. The number of alkyl halides is 4. The van der Waals surface area contributed by atoms with Gasteiger partial charge in [-0.25, -0.2) is 0 Å². The highest BCUT2D eigenvalue weighted by molar-refractivity contribution is 9.09. The molecule has 0 aliphatic heterocycles. The van der Waals surface area contributed by atoms with Crippen LogP contribution in [0, 0.1) is 0 Å². The van der Waals surface area contributed by atoms with Crippen LogP contribution >= 0.6 is 31.9 Å². The third kappa shape index (κ3) is 4.72. The van der Waals surface area contributed by atoms with Gasteiger partial charge in [0.1, 0.15) is 5.75 Å². The highest BCUT2D eigenvalue weighted by atomic mass is 79.9. The van der Waals surface area contributed by atoms with E-state index in [1.807, 2.05) is 6.92 Å². The summed E-state index contributed by atoms with van der Waals surface area (Å²) in [5.41, 5.74) is -0.439. The Hall–Kier alpha value is -0.690. The van der Waals surface area contributed by atoms with Gasteiger partial charge in [-0.1, -0.05) is 44.0 Å². The van der Waals surface area contributed by atoms with Crippen molar-refractivity contribution in [3.8, 4) is 5.75 Å². The molecule has 0 saturated heterocycles. The summed E-state index contributed by atoms with van der Waals surface area (Å²) in [6.45, 7) is -1.14. The average Bonchev–Trinajstić information content (AvgIpc) is 2.38. The smallest absolute Gasteiger partial charge is 0.387 e. The van der Waals surface area contributed by atoms with E-state index in [2.05, 4.69) is 41.9 Å². The zero-order chi connectivity index (χ0) is 14.5. The molecule has 1 rings (SSSR count). The fraction of sp³-hybridized carbons (Fsp3) is 0.417. The number of nitrogens with one attached hydrogen (secondary N) is 1. The Balaban J connectivity index is 2.93. The number of ether oxygens (including phenoxy) is 1. The normalized spacial score (nSPS) is 11.5. The van der Waals surface area contributed by atoms with Crippen molar-refractivity contribution < 1.29 is 18.3 Å². The van der Waals surface area contributed by atoms with E-state index >= 15 is 0 Å². The maximum absolute atomic E-state index is 12.3. The molecule has 1 aromatic rings. The fourth-order valence-corrected chi connectivity index (χ4v) is 2.51. The van der Waals surface area contributed by atoms with Crippen molar-refractivity contribution in [3.63, 3.8) is 0 Å². The van der Waals surface area contributed by atoms with Gasteiger partial charge < -0.3 is 10.1 Å². The van der Waals surface area contributed by atoms with Gasteiger partial charge in [-0.15, -0.1) is 0 Å². The summed E-state index contributed by atoms with van der Waals surface area (Å²) in [7, 11) is 0. The van der Waals surface area contributed by atoms with E-state index in [1.54, 1.807) is 6.07 Å². The molecule has 0 saturated carbocycles. The number of carbonyl (C=O) groups excluding carboxylic acids is 1. The summed E-state index contributed by atoms with van der Waals surface area (Å²) < 4.78 is 28.9. The Morgan fingerprint density at radius 3 is 2.47 bits per heavy atom. The van der Waals surface area contributed by atoms with Crippen LogP contribution in [0.3, 0.4) is 0 Å². The molecule has 19 heavy (non-hydrogen) atoms. The highest BCUT2D eigenvalue weighted by Crippen LogP contribution is 2.21. The number of carbonyl (C=O) groups is 1. The van der Waals surface area contributed by atoms with Crippen molar-refractivity contribution >= 4 is 37.8 Å². The van der Waals surface area contributed by atoms with Crippen LogP contribution in [0.25, 0.3) is 0 Å². The Bertz CT molecular complexity index is 439. The van der Waals surface area contributed by atoms with Crippen molar-refractivity contribution in [1.29, 1.82) is 0 Å². The van der Waals surface area contributed by atoms with Crippen LogP contribution in [0.1, 0.15) is 17.3 Å². The molecule has 1 aromatic carbocycles. The van der Waals surface area contributed by atoms with E-state index in [1.165, 1.54) is 18.2 Å². The molecule has 1 N–H and O–H groups in total. The summed E-state index contributed by atoms with van der Waals surface area (Å²) in [5, 5.41) is 3.81. The lowest BCUT2D eigenvalue weighted by atomic mass is 10.1. The molecular weight excluding hydrogens is 388 g/mol. The minimum atomic E-state index is -2.97. The SMILES string of the molecule is CC(CBr)(CBr)NC(=O)c1ccccc1OC(F)F. The molecule has 0 aliphatic carbocycles. The summed E-state index contributed by atoms with van der Waals surface area (Å²) in [4.78, 5) is 12.1. The Morgan fingerprint density at radius 1 is 1.37 bits per heavy atom. The number of halogens is 4. The molecule has 0 spiro atoms. The molecule has 3 nitrogen and oxygen atoms in total. The second kappa shape index (κ2) is 7.19. The molecular formula is C12H13Br2F2NO2. The van der Waals surface area contributed by atoms with Gasteiger partial charge >= 0.3 is 6.61 Å². The third-order valence-electron chi connectivity index (χ3n) is 2.35. The third-order valence-corrected chi connectivity index (χ3v) is 4.83. The fourth-order valence-electron chi connectivity index (χ4n) is 1.30. The molecule has 1 amide bonds. The summed E-state index contributed by atoms with van der Waals surface area (Å²) in [6.07, 6.45) is 0. The number of hydrogen-bond donors (Lipinski definition) is 1. The van der Waals surface area contributed by atoms with Gasteiger partial charge in [0.2, 0.25) is 0 Å². The molecule has 0 aromatic heterocycles. The second-order valence-electron chi connectivity index (χ2n) is 4.16. The molecule has 0 fully saturated rings. The Kier molecular flexibility index (Phi) is 6.19. The zero-order valence-corrected chi connectivity index (χ0v) is 13.3. The minimum absolute atomic E-state index is 0.0796. The van der Waals surface area contributed by atoms with Gasteiger partial charge in [0, 0.05) is 10.7 Å². The summed E-state index contributed by atoms with van der Waals surface area (Å²) in [6, 6.07) is 5.89. The lowest BCUT2D eigenvalue weighted by Crippen LogP contribution is -2.49. The van der Waals surface area contributed by atoms with Gasteiger partial charge in [0.15, 0.2) is 0 Å². The minimum Gasteiger partial charge on any atom is -0.434 e. The van der Waals surface area contributed by atoms with E-state index < -0.39 is 18.1 Å². The largest absolute Gasteiger partial charge is 0.434 e. The van der Waals surface area contributed by atoms with E-state index in [4.69, 9.17) is 0 Å². The Morgan fingerprint density at radius 2 is 1.95 bits per heavy atom. The van der Waals surface area contributed by atoms with Gasteiger partial charge in [-0.2, -0.15) is 8.78 Å². The predicted octanol–water partition coefficient (Wildman–Crippen LogP) is 3.57. The van der Waals surface area contributed by atoms with Gasteiger partial charge in [0.05, 0.1) is 11.1 Å². The zero-order valence-electron chi connectivity index (χ0n) is 10.1. The van der Waals surface area contributed by atoms with Crippen molar-refractivity contribution in [1.82, 2.24) is 5.32 Å². The highest BCUT2D eigenvalue weighted by Gasteiger charge is 2.26. The first kappa shape index (κ1) is 16.4. The summed E-state index contributed by atoms with van der Waals surface area (Å²) in [5.74, 6) is -0.598. The lowest BCUT2D eigenvalue weighted by molar-refractivity contribution is -0.0501. The van der Waals surface area contributed by atoms with Crippen LogP contribution in [-0.4, -0.2) is 28.7 Å². The molecule has 0 unspecified atom stereocenters. The molecule has 0 heterocycles. The monoisotopic (exact) mass is 399 g/mol. The summed E-state index contributed by atoms with van der Waals surface area (Å²) >= 11 is 6.59. The van der Waals surface area contributed by atoms with Crippen LogP contribution < -0.4 is 10.1 Å². The number of hydrogen-bond acceptors (Lipinski definition) is 2. The second-order valence-corrected chi connectivity index (χ2v) is 5.28. The Labute approximate surface area is 127 Å². The first-order valence-electron chi connectivity index (χ1n) is 5.40. The van der Waals surface area contributed by atoms with Crippen molar-refractivity contribution in [2.24, 2.45) is 0 Å². The maximum Gasteiger partial charge on any atom is 0.387 e. The topological polar surface area (TPSA) is 38.3 Å². The van der Waals surface area contributed by atoms with Crippen LogP contribution in [-0.2, 0) is 0 Å². The van der Waals surface area contributed by atoms with Crippen LogP contribution in [0.2, 0.25) is 0 Å². The van der Waals surface area contributed by atoms with Crippen molar-refractivity contribution in [2.45, 2.75) is 19.1 Å². The first-order chi connectivity index (χ1) is 8.91. The van der Waals surface area contributed by atoms with E-state index in [-0.39, 0.29) is 11.3 Å². The van der Waals surface area contributed by atoms with Gasteiger partial charge in [-0.05, 0) is 19.1 Å². The molecule has 0 radical (unpaired) electrons. The molecule has 106 valence electrons. The first-order valence-corrected chi connectivity index (χ1v) is 7.64. The predicted molar refractivity (Wildman–Crippen MR) is 76.5 cm³/mol. The number of benzene rings is 1. The van der Waals surface area contributed by atoms with E-state index in [9.17, 15) is 13.6 Å². The van der Waals surface area contributed by atoms with E-state index in [0.717, 1.165) is 0 Å². The van der Waals surface area contributed by atoms with E-state index in [0.29, 0.717) is 10.7 Å². The van der Waals surface area contributed by atoms with Crippen molar-refractivity contribution in [2.75, 3.05) is 10.7 Å². The van der Waals surface area contributed by atoms with Gasteiger partial charge in [-0.3, -0.25) is 4.79 Å². The molecule has 0 atom stereocenters. The van der Waals surface area contributed by atoms with Crippen LogP contribution in [0.5, 0.6) is 5.75 Å². The quantitative estimate of drug-likeness (QED) is 0.741. The number of para-hydroxylation sites is 1. The lowest BCUT2D eigenvalue weighted by Gasteiger charge is -2.26. The van der Waals surface area contributed by atoms with Crippen LogP contribution in [0.15, 0.2) is 24.3 Å². The number of amides is 1. The average molecular weight is 401 g/mol. The number of rotatable bonds is 6.